The molecule has 102 valence electrons. The minimum absolute atomic E-state index is 0.980. The zero-order valence-electron chi connectivity index (χ0n) is 12.8. The van der Waals surface area contributed by atoms with E-state index in [0.717, 1.165) is 18.7 Å². The summed E-state index contributed by atoms with van der Waals surface area (Å²) in [6, 6.07) is 0. The molecule has 0 aliphatic rings. The summed E-state index contributed by atoms with van der Waals surface area (Å²) in [5, 5.41) is 0. The van der Waals surface area contributed by atoms with Gasteiger partial charge in [0, 0.05) is 13.0 Å². The summed E-state index contributed by atoms with van der Waals surface area (Å²) in [7, 11) is 0. The average molecular weight is 248 g/mol. The van der Waals surface area contributed by atoms with Gasteiger partial charge >= 0.3 is 0 Å². The number of hydrogen-bond donors (Lipinski definition) is 0. The summed E-state index contributed by atoms with van der Waals surface area (Å²) in [6.07, 6.45) is 10.5. The van der Waals surface area contributed by atoms with Crippen LogP contribution in [-0.4, -0.2) is 9.55 Å². The molecule has 1 rings (SSSR count). The van der Waals surface area contributed by atoms with Crippen LogP contribution in [0.3, 0.4) is 0 Å². The maximum absolute atomic E-state index is 4.63. The van der Waals surface area contributed by atoms with Gasteiger partial charge in [0.1, 0.15) is 5.82 Å². The molecule has 1 aromatic heterocycles. The zero-order chi connectivity index (χ0) is 14.0. The molecule has 2 nitrogen and oxygen atoms in total. The third-order valence-corrected chi connectivity index (χ3v) is 2.40. The lowest BCUT2D eigenvalue weighted by Gasteiger charge is -2.04. The van der Waals surface area contributed by atoms with Crippen LogP contribution in [0.4, 0.5) is 0 Å². The van der Waals surface area contributed by atoms with Gasteiger partial charge in [-0.05, 0) is 32.9 Å². The molecule has 2 heteroatoms. The van der Waals surface area contributed by atoms with E-state index in [0.29, 0.717) is 0 Å². The molecule has 0 N–H and O–H groups in total. The quantitative estimate of drug-likeness (QED) is 0.737. The monoisotopic (exact) mass is 248 g/mol. The molecule has 0 spiro atoms. The van der Waals surface area contributed by atoms with Gasteiger partial charge in [0.15, 0.2) is 0 Å². The highest BCUT2D eigenvalue weighted by atomic mass is 15.1. The largest absolute Gasteiger partial charge is 0.328 e. The van der Waals surface area contributed by atoms with Crippen LogP contribution in [0.25, 0.3) is 12.2 Å². The first-order valence-electron chi connectivity index (χ1n) is 7.04. The van der Waals surface area contributed by atoms with Gasteiger partial charge in [-0.15, -0.1) is 0 Å². The molecule has 1 aromatic rings. The number of rotatable bonds is 4. The highest BCUT2D eigenvalue weighted by Gasteiger charge is 2.09. The first-order valence-corrected chi connectivity index (χ1v) is 7.04. The van der Waals surface area contributed by atoms with Gasteiger partial charge in [-0.1, -0.05) is 39.3 Å². The highest BCUT2D eigenvalue weighted by molar-refractivity contribution is 5.60. The Bertz CT molecular complexity index is 384. The van der Waals surface area contributed by atoms with E-state index < -0.39 is 0 Å². The summed E-state index contributed by atoms with van der Waals surface area (Å²) in [4.78, 5) is 4.63. The second kappa shape index (κ2) is 9.69. The second-order valence-corrected chi connectivity index (χ2v) is 4.10. The Morgan fingerprint density at radius 2 is 1.56 bits per heavy atom. The molecular weight excluding hydrogens is 220 g/mol. The molecule has 0 aliphatic carbocycles. The summed E-state index contributed by atoms with van der Waals surface area (Å²) in [5.74, 6) is 1.17. The van der Waals surface area contributed by atoms with Crippen LogP contribution in [0.15, 0.2) is 12.2 Å². The van der Waals surface area contributed by atoms with Crippen LogP contribution in [0.1, 0.15) is 65.2 Å². The molecule has 0 bridgehead atoms. The predicted octanol–water partition coefficient (Wildman–Crippen LogP) is 4.95. The first-order chi connectivity index (χ1) is 8.69. The molecule has 0 aliphatic heterocycles. The Hall–Kier alpha value is -1.31. The average Bonchev–Trinajstić information content (AvgIpc) is 2.69. The van der Waals surface area contributed by atoms with E-state index in [1.54, 1.807) is 0 Å². The Labute approximate surface area is 112 Å². The van der Waals surface area contributed by atoms with Gasteiger partial charge in [-0.3, -0.25) is 0 Å². The van der Waals surface area contributed by atoms with Crippen LogP contribution >= 0.6 is 0 Å². The lowest BCUT2D eigenvalue weighted by atomic mass is 10.2. The summed E-state index contributed by atoms with van der Waals surface area (Å²) in [5.41, 5.74) is 2.30. The number of imidazole rings is 1. The fraction of sp³-hybridized carbons (Fsp3) is 0.562. The molecule has 0 atom stereocenters. The Kier molecular flexibility index (Phi) is 8.99. The van der Waals surface area contributed by atoms with Crippen LogP contribution in [0.2, 0.25) is 0 Å². The maximum atomic E-state index is 4.63. The lowest BCUT2D eigenvalue weighted by Crippen LogP contribution is -2.02. The number of allylic oxidation sites excluding steroid dienone is 2. The fourth-order valence-electron chi connectivity index (χ4n) is 1.77. The van der Waals surface area contributed by atoms with Crippen LogP contribution in [0, 0.1) is 0 Å². The Balaban J connectivity index is 0.000000873. The zero-order valence-corrected chi connectivity index (χ0v) is 12.8. The van der Waals surface area contributed by atoms with Crippen molar-refractivity contribution in [3.63, 3.8) is 0 Å². The van der Waals surface area contributed by atoms with Gasteiger partial charge in [0.05, 0.1) is 11.4 Å². The van der Waals surface area contributed by atoms with E-state index in [1.807, 2.05) is 19.9 Å². The van der Waals surface area contributed by atoms with Gasteiger partial charge in [-0.2, -0.15) is 0 Å². The maximum Gasteiger partial charge on any atom is 0.109 e. The normalized spacial score (nSPS) is 11.0. The van der Waals surface area contributed by atoms with Crippen molar-refractivity contribution in [1.82, 2.24) is 9.55 Å². The molecule has 0 saturated heterocycles. The molecule has 1 heterocycles. The fourth-order valence-corrected chi connectivity index (χ4v) is 1.77. The number of aryl methyl sites for hydroxylation is 1. The van der Waals surface area contributed by atoms with E-state index in [1.165, 1.54) is 17.9 Å². The van der Waals surface area contributed by atoms with E-state index in [9.17, 15) is 0 Å². The molecule has 0 fully saturated rings. The minimum atomic E-state index is 0.980. The highest BCUT2D eigenvalue weighted by Crippen LogP contribution is 2.16. The van der Waals surface area contributed by atoms with Crippen LogP contribution in [-0.2, 0) is 13.0 Å². The van der Waals surface area contributed by atoms with Crippen molar-refractivity contribution < 1.29 is 0 Å². The molecule has 0 radical (unpaired) electrons. The van der Waals surface area contributed by atoms with Gasteiger partial charge < -0.3 is 4.57 Å². The van der Waals surface area contributed by atoms with Crippen molar-refractivity contribution in [3.05, 3.63) is 29.4 Å². The van der Waals surface area contributed by atoms with Crippen molar-refractivity contribution in [3.8, 4) is 0 Å². The topological polar surface area (TPSA) is 17.8 Å². The third-order valence-electron chi connectivity index (χ3n) is 2.40. The van der Waals surface area contributed by atoms with E-state index in [2.05, 4.69) is 55.5 Å². The van der Waals surface area contributed by atoms with Crippen molar-refractivity contribution in [2.45, 2.75) is 60.9 Å². The Morgan fingerprint density at radius 1 is 1.00 bits per heavy atom. The molecule has 0 amide bonds. The molecule has 18 heavy (non-hydrogen) atoms. The van der Waals surface area contributed by atoms with Gasteiger partial charge in [0.25, 0.3) is 0 Å². The van der Waals surface area contributed by atoms with Crippen LogP contribution < -0.4 is 0 Å². The summed E-state index contributed by atoms with van der Waals surface area (Å²) < 4.78 is 2.27. The number of nitrogens with zero attached hydrogens (tertiary/aromatic N) is 2. The molecule has 0 aromatic carbocycles. The summed E-state index contributed by atoms with van der Waals surface area (Å²) >= 11 is 0. The lowest BCUT2D eigenvalue weighted by molar-refractivity contribution is 0.700. The van der Waals surface area contributed by atoms with Gasteiger partial charge in [0.2, 0.25) is 0 Å². The predicted molar refractivity (Wildman–Crippen MR) is 82.7 cm³/mol. The van der Waals surface area contributed by atoms with Crippen molar-refractivity contribution in [2.24, 2.45) is 0 Å². The van der Waals surface area contributed by atoms with E-state index in [4.69, 9.17) is 0 Å². The van der Waals surface area contributed by atoms with Crippen molar-refractivity contribution in [2.75, 3.05) is 0 Å². The minimum Gasteiger partial charge on any atom is -0.328 e. The van der Waals surface area contributed by atoms with Crippen molar-refractivity contribution in [1.29, 1.82) is 0 Å². The Morgan fingerprint density at radius 3 is 1.94 bits per heavy atom. The smallest absolute Gasteiger partial charge is 0.109 e. The van der Waals surface area contributed by atoms with E-state index in [-0.39, 0.29) is 0 Å². The van der Waals surface area contributed by atoms with Crippen LogP contribution in [0.5, 0.6) is 0 Å². The number of hydrogen-bond acceptors (Lipinski definition) is 1. The molecular formula is C16H28N2. The molecule has 0 saturated carbocycles. The van der Waals surface area contributed by atoms with Crippen molar-refractivity contribution >= 4 is 12.2 Å². The SMILES string of the molecule is C/C=C\c1nc(CC)n(CC)c1/C=C/C.CCC. The van der Waals surface area contributed by atoms with E-state index >= 15 is 0 Å². The standard InChI is InChI=1S/C13H20N2.C3H8/c1-5-9-11-12(10-6-2)15(8-4)13(7-3)14-11;1-3-2/h5-6,9-10H,7-8H2,1-4H3;3H2,1-2H3/b9-5-,10-6+;. The molecule has 0 unspecified atom stereocenters. The number of aromatic nitrogens is 2. The first kappa shape index (κ1) is 16.7. The third kappa shape index (κ3) is 4.52. The van der Waals surface area contributed by atoms with Gasteiger partial charge in [-0.25, -0.2) is 4.98 Å². The second-order valence-electron chi connectivity index (χ2n) is 4.10. The summed E-state index contributed by atoms with van der Waals surface area (Å²) in [6.45, 7) is 13.6.